The van der Waals surface area contributed by atoms with Gasteiger partial charge in [-0.1, -0.05) is 26.0 Å². The number of anilines is 1. The van der Waals surface area contributed by atoms with Gasteiger partial charge < -0.3 is 15.1 Å². The maximum atomic E-state index is 12.3. The molecule has 1 fully saturated rings. The van der Waals surface area contributed by atoms with Gasteiger partial charge in [-0.2, -0.15) is 0 Å². The topological polar surface area (TPSA) is 52.7 Å². The van der Waals surface area contributed by atoms with E-state index in [0.29, 0.717) is 25.6 Å². The van der Waals surface area contributed by atoms with Gasteiger partial charge in [0.1, 0.15) is 6.42 Å². The van der Waals surface area contributed by atoms with Gasteiger partial charge in [-0.15, -0.1) is 0 Å². The molecule has 5 nitrogen and oxygen atoms in total. The zero-order valence-corrected chi connectivity index (χ0v) is 15.3. The van der Waals surface area contributed by atoms with Crippen LogP contribution in [0.5, 0.6) is 0 Å². The Bertz CT molecular complexity index is 590. The molecule has 132 valence electrons. The Kier molecular flexibility index (Phi) is 6.23. The summed E-state index contributed by atoms with van der Waals surface area (Å²) in [5.41, 5.74) is 3.83. The monoisotopic (exact) mass is 331 g/mol. The first-order valence-electron chi connectivity index (χ1n) is 8.74. The molecule has 1 aliphatic rings. The number of hydrogen-bond acceptors (Lipinski definition) is 3. The summed E-state index contributed by atoms with van der Waals surface area (Å²) in [5, 5.41) is 2.80. The first kappa shape index (κ1) is 18.3. The van der Waals surface area contributed by atoms with Crippen LogP contribution >= 0.6 is 0 Å². The lowest BCUT2D eigenvalue weighted by atomic mass is 10.1. The minimum Gasteiger partial charge on any atom is -0.368 e. The molecule has 0 atom stereocenters. The Morgan fingerprint density at radius 1 is 1.12 bits per heavy atom. The van der Waals surface area contributed by atoms with Crippen molar-refractivity contribution in [2.45, 2.75) is 34.1 Å². The van der Waals surface area contributed by atoms with Crippen LogP contribution in [0.3, 0.4) is 0 Å². The molecule has 0 bridgehead atoms. The second kappa shape index (κ2) is 8.18. The number of nitrogens with zero attached hydrogens (tertiary/aromatic N) is 2. The van der Waals surface area contributed by atoms with E-state index in [1.165, 1.54) is 16.8 Å². The quantitative estimate of drug-likeness (QED) is 0.841. The number of carbonyl (C=O) groups excluding carboxylic acids is 2. The highest BCUT2D eigenvalue weighted by Gasteiger charge is 2.23. The van der Waals surface area contributed by atoms with Crippen molar-refractivity contribution in [1.82, 2.24) is 10.2 Å². The van der Waals surface area contributed by atoms with Crippen LogP contribution in [0.15, 0.2) is 18.2 Å². The number of rotatable bonds is 5. The number of benzene rings is 1. The molecule has 1 aliphatic heterocycles. The Labute approximate surface area is 145 Å². The normalized spacial score (nSPS) is 14.9. The van der Waals surface area contributed by atoms with Crippen LogP contribution in [0, 0.1) is 19.8 Å². The summed E-state index contributed by atoms with van der Waals surface area (Å²) in [5.74, 6) is 0.146. The largest absolute Gasteiger partial charge is 0.368 e. The molecule has 0 saturated carbocycles. The fraction of sp³-hybridized carbons (Fsp3) is 0.579. The summed E-state index contributed by atoms with van der Waals surface area (Å²) in [6.07, 6.45) is -0.0454. The molecule has 0 unspecified atom stereocenters. The molecule has 1 heterocycles. The van der Waals surface area contributed by atoms with Crippen molar-refractivity contribution in [2.75, 3.05) is 37.6 Å². The van der Waals surface area contributed by atoms with Gasteiger partial charge in [-0.25, -0.2) is 0 Å². The Morgan fingerprint density at radius 2 is 1.79 bits per heavy atom. The lowest BCUT2D eigenvalue weighted by molar-refractivity contribution is -0.136. The van der Waals surface area contributed by atoms with Crippen LogP contribution in [-0.2, 0) is 9.59 Å². The summed E-state index contributed by atoms with van der Waals surface area (Å²) < 4.78 is 0. The molecule has 0 spiro atoms. The summed E-state index contributed by atoms with van der Waals surface area (Å²) in [7, 11) is 0. The molecule has 2 amide bonds. The number of amides is 2. The van der Waals surface area contributed by atoms with Crippen LogP contribution in [0.25, 0.3) is 0 Å². The third-order valence-electron chi connectivity index (χ3n) is 4.57. The molecule has 0 aliphatic carbocycles. The van der Waals surface area contributed by atoms with Gasteiger partial charge in [-0.05, 0) is 37.0 Å². The SMILES string of the molecule is Cc1cccc(N2CCN(C(=O)CC(=O)NCC(C)C)CC2)c1C. The van der Waals surface area contributed by atoms with Crippen molar-refractivity contribution < 1.29 is 9.59 Å². The maximum Gasteiger partial charge on any atom is 0.232 e. The molecule has 1 saturated heterocycles. The van der Waals surface area contributed by atoms with Crippen molar-refractivity contribution in [1.29, 1.82) is 0 Å². The van der Waals surface area contributed by atoms with Gasteiger partial charge in [0.2, 0.25) is 11.8 Å². The molecule has 0 radical (unpaired) electrons. The standard InChI is InChI=1S/C19H29N3O2/c1-14(2)13-20-18(23)12-19(24)22-10-8-21(9-11-22)17-7-5-6-15(3)16(17)4/h5-7,14H,8-13H2,1-4H3,(H,20,23). The Balaban J connectivity index is 1.85. The van der Waals surface area contributed by atoms with E-state index in [0.717, 1.165) is 13.1 Å². The van der Waals surface area contributed by atoms with Crippen LogP contribution in [0.2, 0.25) is 0 Å². The van der Waals surface area contributed by atoms with Crippen molar-refractivity contribution in [3.8, 4) is 0 Å². The summed E-state index contributed by atoms with van der Waals surface area (Å²) in [4.78, 5) is 28.2. The van der Waals surface area contributed by atoms with Gasteiger partial charge in [0.25, 0.3) is 0 Å². The number of nitrogens with one attached hydrogen (secondary N) is 1. The molecule has 1 aromatic carbocycles. The lowest BCUT2D eigenvalue weighted by Crippen LogP contribution is -2.49. The fourth-order valence-corrected chi connectivity index (χ4v) is 2.90. The smallest absolute Gasteiger partial charge is 0.232 e. The zero-order valence-electron chi connectivity index (χ0n) is 15.3. The molecule has 2 rings (SSSR count). The van der Waals surface area contributed by atoms with Gasteiger partial charge in [0.05, 0.1) is 0 Å². The van der Waals surface area contributed by atoms with Gasteiger partial charge >= 0.3 is 0 Å². The van der Waals surface area contributed by atoms with E-state index in [4.69, 9.17) is 0 Å². The minimum absolute atomic E-state index is 0.0454. The van der Waals surface area contributed by atoms with Crippen LogP contribution < -0.4 is 10.2 Å². The van der Waals surface area contributed by atoms with Crippen molar-refractivity contribution in [2.24, 2.45) is 5.92 Å². The van der Waals surface area contributed by atoms with Gasteiger partial charge in [0, 0.05) is 38.4 Å². The summed E-state index contributed by atoms with van der Waals surface area (Å²) in [6, 6.07) is 6.34. The third-order valence-corrected chi connectivity index (χ3v) is 4.57. The van der Waals surface area contributed by atoms with Crippen LogP contribution in [0.1, 0.15) is 31.4 Å². The van der Waals surface area contributed by atoms with Gasteiger partial charge in [-0.3, -0.25) is 9.59 Å². The first-order chi connectivity index (χ1) is 11.4. The summed E-state index contributed by atoms with van der Waals surface area (Å²) >= 11 is 0. The predicted octanol–water partition coefficient (Wildman–Crippen LogP) is 2.11. The second-order valence-corrected chi connectivity index (χ2v) is 6.96. The van der Waals surface area contributed by atoms with E-state index in [-0.39, 0.29) is 18.2 Å². The first-order valence-corrected chi connectivity index (χ1v) is 8.74. The van der Waals surface area contributed by atoms with Crippen molar-refractivity contribution in [3.05, 3.63) is 29.3 Å². The fourth-order valence-electron chi connectivity index (χ4n) is 2.90. The Morgan fingerprint density at radius 3 is 2.42 bits per heavy atom. The number of aryl methyl sites for hydroxylation is 1. The predicted molar refractivity (Wildman–Crippen MR) is 97.2 cm³/mol. The van der Waals surface area contributed by atoms with Gasteiger partial charge in [0.15, 0.2) is 0 Å². The van der Waals surface area contributed by atoms with E-state index in [9.17, 15) is 9.59 Å². The van der Waals surface area contributed by atoms with Crippen molar-refractivity contribution >= 4 is 17.5 Å². The van der Waals surface area contributed by atoms with E-state index in [1.807, 2.05) is 13.8 Å². The number of hydrogen-bond donors (Lipinski definition) is 1. The average molecular weight is 331 g/mol. The highest BCUT2D eigenvalue weighted by atomic mass is 16.2. The molecular weight excluding hydrogens is 302 g/mol. The number of carbonyl (C=O) groups is 2. The molecule has 5 heteroatoms. The minimum atomic E-state index is -0.175. The molecular formula is C19H29N3O2. The third kappa shape index (κ3) is 4.73. The average Bonchev–Trinajstić information content (AvgIpc) is 2.55. The molecule has 24 heavy (non-hydrogen) atoms. The van der Waals surface area contributed by atoms with Crippen LogP contribution in [0.4, 0.5) is 5.69 Å². The van der Waals surface area contributed by atoms with E-state index in [2.05, 4.69) is 42.3 Å². The lowest BCUT2D eigenvalue weighted by Gasteiger charge is -2.37. The van der Waals surface area contributed by atoms with E-state index < -0.39 is 0 Å². The highest BCUT2D eigenvalue weighted by molar-refractivity contribution is 5.97. The zero-order chi connectivity index (χ0) is 17.7. The molecule has 0 aromatic heterocycles. The van der Waals surface area contributed by atoms with E-state index in [1.54, 1.807) is 4.90 Å². The van der Waals surface area contributed by atoms with E-state index >= 15 is 0 Å². The maximum absolute atomic E-state index is 12.3. The second-order valence-electron chi connectivity index (χ2n) is 6.96. The number of piperazine rings is 1. The highest BCUT2D eigenvalue weighted by Crippen LogP contribution is 2.23. The summed E-state index contributed by atoms with van der Waals surface area (Å²) in [6.45, 7) is 11.9. The Hall–Kier alpha value is -2.04. The molecule has 1 aromatic rings. The van der Waals surface area contributed by atoms with Crippen LogP contribution in [-0.4, -0.2) is 49.4 Å². The molecule has 1 N–H and O–H groups in total. The van der Waals surface area contributed by atoms with Crippen molar-refractivity contribution in [3.63, 3.8) is 0 Å².